The second kappa shape index (κ2) is 5.58. The van der Waals surface area contributed by atoms with E-state index in [0.29, 0.717) is 12.6 Å². The topological polar surface area (TPSA) is 43.3 Å². The van der Waals surface area contributed by atoms with Crippen LogP contribution in [0.5, 0.6) is 0 Å². The fourth-order valence-corrected chi connectivity index (χ4v) is 3.77. The van der Waals surface area contributed by atoms with Gasteiger partial charge in [-0.2, -0.15) is 0 Å². The van der Waals surface area contributed by atoms with Crippen molar-refractivity contribution in [3.63, 3.8) is 0 Å². The minimum absolute atomic E-state index is 0.0450. The molecule has 0 radical (unpaired) electrons. The molecular formula is C17H26N2O2. The summed E-state index contributed by atoms with van der Waals surface area (Å²) in [5, 5.41) is 3.37. The summed E-state index contributed by atoms with van der Waals surface area (Å²) >= 11 is 0. The van der Waals surface area contributed by atoms with Crippen LogP contribution in [-0.2, 0) is 17.7 Å². The number of aromatic nitrogens is 1. The van der Waals surface area contributed by atoms with Gasteiger partial charge in [-0.1, -0.05) is 6.07 Å². The van der Waals surface area contributed by atoms with Crippen LogP contribution in [0.4, 0.5) is 0 Å². The van der Waals surface area contributed by atoms with E-state index in [-0.39, 0.29) is 17.3 Å². The fourth-order valence-electron chi connectivity index (χ4n) is 3.77. The Bertz CT molecular complexity index is 577. The summed E-state index contributed by atoms with van der Waals surface area (Å²) in [5.41, 5.74) is 2.57. The van der Waals surface area contributed by atoms with Crippen molar-refractivity contribution in [1.82, 2.24) is 9.88 Å². The molecule has 2 atom stereocenters. The molecule has 1 aliphatic heterocycles. The first-order valence-electron chi connectivity index (χ1n) is 8.08. The van der Waals surface area contributed by atoms with Gasteiger partial charge in [0.1, 0.15) is 0 Å². The van der Waals surface area contributed by atoms with Gasteiger partial charge in [-0.3, -0.25) is 4.79 Å². The first-order chi connectivity index (χ1) is 10.00. The summed E-state index contributed by atoms with van der Waals surface area (Å²) in [4.78, 5) is 12.3. The largest absolute Gasteiger partial charge is 0.370 e. The Kier molecular flexibility index (Phi) is 3.93. The van der Waals surface area contributed by atoms with Crippen molar-refractivity contribution >= 4 is 0 Å². The van der Waals surface area contributed by atoms with Crippen molar-refractivity contribution < 1.29 is 4.74 Å². The van der Waals surface area contributed by atoms with Crippen LogP contribution in [-0.4, -0.2) is 23.3 Å². The van der Waals surface area contributed by atoms with Crippen LogP contribution >= 0.6 is 0 Å². The van der Waals surface area contributed by atoms with E-state index in [1.165, 1.54) is 11.3 Å². The summed E-state index contributed by atoms with van der Waals surface area (Å²) < 4.78 is 8.04. The molecule has 1 fully saturated rings. The van der Waals surface area contributed by atoms with Gasteiger partial charge in [0.2, 0.25) is 0 Å². The lowest BCUT2D eigenvalue weighted by Gasteiger charge is -2.28. The standard InChI is InChI=1S/C17H26N2O2/c1-17(2)10-9-12(21-17)11-19-15-6-4-5-14(18-3)13(15)7-8-16(19)20/h7-8,12,14,18H,4-6,9-11H2,1-3H3. The quantitative estimate of drug-likeness (QED) is 0.929. The van der Waals surface area contributed by atoms with Crippen LogP contribution in [0.2, 0.25) is 0 Å². The summed E-state index contributed by atoms with van der Waals surface area (Å²) in [6.07, 6.45) is 5.56. The first-order valence-corrected chi connectivity index (χ1v) is 8.08. The molecule has 0 aromatic carbocycles. The Morgan fingerprint density at radius 1 is 1.38 bits per heavy atom. The van der Waals surface area contributed by atoms with E-state index in [1.54, 1.807) is 6.07 Å². The highest BCUT2D eigenvalue weighted by atomic mass is 16.5. The van der Waals surface area contributed by atoms with Crippen LogP contribution in [0, 0.1) is 0 Å². The van der Waals surface area contributed by atoms with Crippen molar-refractivity contribution in [2.45, 2.75) is 70.2 Å². The molecular weight excluding hydrogens is 264 g/mol. The van der Waals surface area contributed by atoms with Crippen molar-refractivity contribution in [1.29, 1.82) is 0 Å². The third-order valence-electron chi connectivity index (χ3n) is 4.90. The lowest BCUT2D eigenvalue weighted by Crippen LogP contribution is -2.34. The van der Waals surface area contributed by atoms with Crippen molar-refractivity contribution in [2.75, 3.05) is 7.05 Å². The number of fused-ring (bicyclic) bond motifs is 1. The van der Waals surface area contributed by atoms with Crippen molar-refractivity contribution in [3.8, 4) is 0 Å². The maximum absolute atomic E-state index is 12.3. The van der Waals surface area contributed by atoms with Gasteiger partial charge in [0.05, 0.1) is 18.2 Å². The zero-order valence-corrected chi connectivity index (χ0v) is 13.3. The number of hydrogen-bond acceptors (Lipinski definition) is 3. The molecule has 116 valence electrons. The number of pyridine rings is 1. The smallest absolute Gasteiger partial charge is 0.250 e. The maximum atomic E-state index is 12.3. The van der Waals surface area contributed by atoms with E-state index in [9.17, 15) is 4.79 Å². The molecule has 3 rings (SSSR count). The Morgan fingerprint density at radius 3 is 2.86 bits per heavy atom. The van der Waals surface area contributed by atoms with Gasteiger partial charge in [0, 0.05) is 17.8 Å². The third kappa shape index (κ3) is 2.92. The lowest BCUT2D eigenvalue weighted by molar-refractivity contribution is -0.0224. The van der Waals surface area contributed by atoms with Crippen LogP contribution in [0.1, 0.15) is 56.8 Å². The lowest BCUT2D eigenvalue weighted by atomic mass is 9.91. The summed E-state index contributed by atoms with van der Waals surface area (Å²) in [6, 6.07) is 4.10. The van der Waals surface area contributed by atoms with E-state index in [4.69, 9.17) is 4.74 Å². The van der Waals surface area contributed by atoms with Gasteiger partial charge < -0.3 is 14.6 Å². The number of rotatable bonds is 3. The van der Waals surface area contributed by atoms with Gasteiger partial charge in [-0.25, -0.2) is 0 Å². The molecule has 1 saturated heterocycles. The van der Waals surface area contributed by atoms with Crippen LogP contribution in [0.3, 0.4) is 0 Å². The highest BCUT2D eigenvalue weighted by molar-refractivity contribution is 5.27. The molecule has 4 nitrogen and oxygen atoms in total. The average molecular weight is 290 g/mol. The van der Waals surface area contributed by atoms with Crippen molar-refractivity contribution in [2.24, 2.45) is 0 Å². The van der Waals surface area contributed by atoms with E-state index < -0.39 is 0 Å². The minimum atomic E-state index is -0.0450. The highest BCUT2D eigenvalue weighted by Gasteiger charge is 2.32. The Hall–Kier alpha value is -1.13. The van der Waals surface area contributed by atoms with Gasteiger partial charge in [-0.15, -0.1) is 0 Å². The van der Waals surface area contributed by atoms with E-state index >= 15 is 0 Å². The number of ether oxygens (including phenoxy) is 1. The molecule has 21 heavy (non-hydrogen) atoms. The minimum Gasteiger partial charge on any atom is -0.370 e. The second-order valence-electron chi connectivity index (χ2n) is 6.96. The normalized spacial score (nSPS) is 27.6. The molecule has 2 heterocycles. The molecule has 2 aliphatic rings. The Labute approximate surface area is 126 Å². The van der Waals surface area contributed by atoms with Crippen molar-refractivity contribution in [3.05, 3.63) is 33.7 Å². The summed E-state index contributed by atoms with van der Waals surface area (Å²) in [6.45, 7) is 4.96. The monoisotopic (exact) mass is 290 g/mol. The zero-order valence-electron chi connectivity index (χ0n) is 13.3. The predicted molar refractivity (Wildman–Crippen MR) is 83.6 cm³/mol. The summed E-state index contributed by atoms with van der Waals surface area (Å²) in [7, 11) is 2.00. The van der Waals surface area contributed by atoms with Crippen LogP contribution in [0.15, 0.2) is 16.9 Å². The second-order valence-corrected chi connectivity index (χ2v) is 6.96. The zero-order chi connectivity index (χ0) is 15.0. The van der Waals surface area contributed by atoms with Gasteiger partial charge in [0.25, 0.3) is 5.56 Å². The third-order valence-corrected chi connectivity index (χ3v) is 4.90. The molecule has 0 saturated carbocycles. The molecule has 1 aliphatic carbocycles. The predicted octanol–water partition coefficient (Wildman–Crippen LogP) is 2.40. The van der Waals surface area contributed by atoms with Gasteiger partial charge in [-0.05, 0) is 58.6 Å². The molecule has 0 bridgehead atoms. The molecule has 1 aromatic heterocycles. The molecule has 1 N–H and O–H groups in total. The number of hydrogen-bond donors (Lipinski definition) is 1. The first kappa shape index (κ1) is 14.8. The molecule has 0 amide bonds. The molecule has 0 spiro atoms. The van der Waals surface area contributed by atoms with E-state index in [2.05, 4.69) is 19.2 Å². The summed E-state index contributed by atoms with van der Waals surface area (Å²) in [5.74, 6) is 0. The van der Waals surface area contributed by atoms with Gasteiger partial charge in [0.15, 0.2) is 0 Å². The molecule has 4 heteroatoms. The number of nitrogens with one attached hydrogen (secondary N) is 1. The maximum Gasteiger partial charge on any atom is 0.250 e. The SMILES string of the molecule is CNC1CCCc2c1ccc(=O)n2CC1CCC(C)(C)O1. The van der Waals surface area contributed by atoms with Crippen LogP contribution < -0.4 is 10.9 Å². The molecule has 1 aromatic rings. The Morgan fingerprint density at radius 2 is 2.19 bits per heavy atom. The highest BCUT2D eigenvalue weighted by Crippen LogP contribution is 2.32. The Balaban J connectivity index is 1.90. The van der Waals surface area contributed by atoms with E-state index in [1.807, 2.05) is 17.7 Å². The molecule has 2 unspecified atom stereocenters. The van der Waals surface area contributed by atoms with Gasteiger partial charge >= 0.3 is 0 Å². The van der Waals surface area contributed by atoms with E-state index in [0.717, 1.165) is 32.1 Å². The fraction of sp³-hybridized carbons (Fsp3) is 0.706. The van der Waals surface area contributed by atoms with Crippen LogP contribution in [0.25, 0.3) is 0 Å². The number of nitrogens with zero attached hydrogens (tertiary/aromatic N) is 1. The average Bonchev–Trinajstić information content (AvgIpc) is 2.80.